The number of aryl methyl sites for hydroxylation is 12. The van der Waals surface area contributed by atoms with Gasteiger partial charge in [0.05, 0.1) is 68.3 Å². The van der Waals surface area contributed by atoms with E-state index < -0.39 is 0 Å². The lowest BCUT2D eigenvalue weighted by Crippen LogP contribution is -2.23. The van der Waals surface area contributed by atoms with Crippen molar-refractivity contribution in [2.45, 2.75) is 317 Å². The van der Waals surface area contributed by atoms with E-state index in [0.717, 1.165) is 246 Å². The van der Waals surface area contributed by atoms with Gasteiger partial charge in [-0.25, -0.2) is 57.4 Å². The summed E-state index contributed by atoms with van der Waals surface area (Å²) in [6.07, 6.45) is 47.7. The number of hydrogen-bond acceptors (Lipinski definition) is 12. The Labute approximate surface area is 708 Å². The molecule has 0 saturated heterocycles. The van der Waals surface area contributed by atoms with E-state index in [2.05, 4.69) is 21.3 Å². The molecular weight excluding hydrogens is 1510 g/mol. The highest BCUT2D eigenvalue weighted by atomic mass is 19.1. The second kappa shape index (κ2) is 42.1. The van der Waals surface area contributed by atoms with E-state index in [4.69, 9.17) is 39.9 Å². The zero-order valence-corrected chi connectivity index (χ0v) is 71.8. The molecule has 120 heavy (non-hydrogen) atoms. The van der Waals surface area contributed by atoms with Crippen LogP contribution in [0.4, 0.5) is 40.8 Å². The van der Waals surface area contributed by atoms with E-state index in [-0.39, 0.29) is 52.8 Å². The highest BCUT2D eigenvalue weighted by Crippen LogP contribution is 2.42. The molecule has 1 atom stereocenters. The number of benzene rings is 4. The fourth-order valence-corrected chi connectivity index (χ4v) is 19.9. The van der Waals surface area contributed by atoms with Crippen molar-refractivity contribution in [3.63, 3.8) is 0 Å². The first-order chi connectivity index (χ1) is 58.3. The molecule has 4 heterocycles. The van der Waals surface area contributed by atoms with Crippen molar-refractivity contribution in [3.8, 4) is 45.0 Å². The summed E-state index contributed by atoms with van der Waals surface area (Å²) in [5.41, 5.74) is 18.4. The van der Waals surface area contributed by atoms with Gasteiger partial charge in [-0.3, -0.25) is 19.2 Å². The normalized spacial score (nSPS) is 17.3. The summed E-state index contributed by atoms with van der Waals surface area (Å²) in [4.78, 5) is 89.0. The summed E-state index contributed by atoms with van der Waals surface area (Å²) >= 11 is 0. The van der Waals surface area contributed by atoms with Gasteiger partial charge in [-0.05, 0) is 253 Å². The summed E-state index contributed by atoms with van der Waals surface area (Å²) in [6, 6.07) is 19.7. The largest absolute Gasteiger partial charge is 0.309 e. The van der Waals surface area contributed by atoms with Gasteiger partial charge in [0.1, 0.15) is 23.3 Å². The number of nitrogens with zero attached hydrogens (tertiary/aromatic N) is 8. The lowest BCUT2D eigenvalue weighted by Gasteiger charge is -2.24. The number of carbonyl (C=O) groups is 4. The first kappa shape index (κ1) is 87.2. The summed E-state index contributed by atoms with van der Waals surface area (Å²) < 4.78 is 54.8. The van der Waals surface area contributed by atoms with Crippen molar-refractivity contribution in [1.82, 2.24) is 39.9 Å². The number of aromatic nitrogens is 8. The van der Waals surface area contributed by atoms with Crippen LogP contribution >= 0.6 is 0 Å². The predicted octanol–water partition coefficient (Wildman–Crippen LogP) is 23.4. The molecule has 17 rings (SSSR count). The van der Waals surface area contributed by atoms with Crippen LogP contribution in [-0.2, 0) is 96.2 Å². The second-order valence-corrected chi connectivity index (χ2v) is 36.5. The first-order valence-electron chi connectivity index (χ1n) is 46.2. The maximum Gasteiger partial charge on any atom is 0.228 e. The zero-order valence-electron chi connectivity index (χ0n) is 71.8. The number of hydrogen-bond donors (Lipinski definition) is 4. The molecule has 0 aliphatic heterocycles. The minimum atomic E-state index is -0.211. The highest BCUT2D eigenvalue weighted by molar-refractivity contribution is 5.93. The molecule has 8 aromatic rings. The average Bonchev–Trinajstić information content (AvgIpc) is 0.787. The Balaban J connectivity index is 0.000000131. The fraction of sp³-hybridized carbons (Fsp3) is 0.560. The SMILES string of the molecule is CC(=O)Nc1nc2c(nc1CCC1CCCCC1)-c1ccc(F)cc1CC2.CC(C)CC(=O)Nc1nc2c(nc1CCC1CCCCC1)-c1ccc(F)cc1CC2.CCC(C)C(=O)Nc1nc2c(nc1CCC1CCCCC1)-c1ccc(F)cc1CC2.O=C(CC1CCCCC1)Nc1nc2c(nc1CCC1CCCCC1)-c1ccc(F)cc1CC2. The third kappa shape index (κ3) is 23.3. The van der Waals surface area contributed by atoms with Gasteiger partial charge < -0.3 is 21.3 Å². The van der Waals surface area contributed by atoms with E-state index >= 15 is 0 Å². The summed E-state index contributed by atoms with van der Waals surface area (Å²) in [5.74, 6) is 5.32. The monoisotopic (exact) mass is 1630 g/mol. The van der Waals surface area contributed by atoms with Crippen molar-refractivity contribution in [2.24, 2.45) is 41.4 Å². The Hall–Kier alpha value is -9.20. The molecule has 5 fully saturated rings. The van der Waals surface area contributed by atoms with Crippen molar-refractivity contribution in [1.29, 1.82) is 0 Å². The molecule has 4 aromatic carbocycles. The Morgan fingerprint density at radius 1 is 0.350 bits per heavy atom. The molecule has 4 N–H and O–H groups in total. The number of amides is 4. The standard InChI is InChI=1S/C28H36FN3O.2C25H32FN3O.C22H26FN3O/c29-22-13-14-23-21(18-22)12-16-24-27(23)30-25(15-11-19-7-3-1-4-8-19)28(31-24)32-26(33)17-20-9-5-2-6-10-20;1-16(2)14-23(30)29-25-22(12-8-17-6-4-3-5-7-17)27-24-20-11-10-19(26)15-18(20)9-13-21(24)28-25;1-3-16(2)25(30)29-24-22(13-9-17-7-5-4-6-8-17)27-23-20-12-11-19(26)15-18(20)10-14-21(23)28-24;1-14(27)24-22-20(11-7-15-5-3-2-4-6-15)25-21-18-10-9-17(23)13-16(18)8-12-19(21)26-22/h13-14,18-20H,1-12,15-17H2,(H,31,32,33);10-11,15-17H,3-9,12-14H2,1-2H3,(H,28,29,30);11-12,15-17H,3-10,13-14H2,1-2H3,(H,28,29,30);9-10,13,15H,2-8,11-12H2,1H3,(H,24,26,27). The van der Waals surface area contributed by atoms with Gasteiger partial charge in [0.2, 0.25) is 23.6 Å². The van der Waals surface area contributed by atoms with Crippen LogP contribution in [-0.4, -0.2) is 63.5 Å². The van der Waals surface area contributed by atoms with Crippen LogP contribution in [0.1, 0.15) is 308 Å². The van der Waals surface area contributed by atoms with Gasteiger partial charge >= 0.3 is 0 Å². The number of carbonyl (C=O) groups excluding carboxylic acids is 4. The molecular formula is C100H126F4N12O4. The molecule has 9 aliphatic carbocycles. The summed E-state index contributed by atoms with van der Waals surface area (Å²) in [7, 11) is 0. The maximum absolute atomic E-state index is 13.8. The third-order valence-corrected chi connectivity index (χ3v) is 26.9. The zero-order chi connectivity index (χ0) is 83.6. The summed E-state index contributed by atoms with van der Waals surface area (Å²) in [5, 5.41) is 12.1. The van der Waals surface area contributed by atoms with E-state index in [0.29, 0.717) is 60.8 Å². The van der Waals surface area contributed by atoms with Gasteiger partial charge in [-0.1, -0.05) is 175 Å². The molecule has 20 heteroatoms. The van der Waals surface area contributed by atoms with Gasteiger partial charge in [0, 0.05) is 47.9 Å². The van der Waals surface area contributed by atoms with Gasteiger partial charge in [-0.2, -0.15) is 0 Å². The van der Waals surface area contributed by atoms with E-state index in [1.165, 1.54) is 179 Å². The summed E-state index contributed by atoms with van der Waals surface area (Å²) in [6.45, 7) is 9.54. The smallest absolute Gasteiger partial charge is 0.228 e. The van der Waals surface area contributed by atoms with Crippen LogP contribution in [0.25, 0.3) is 45.0 Å². The fourth-order valence-electron chi connectivity index (χ4n) is 19.9. The van der Waals surface area contributed by atoms with Crippen LogP contribution in [0.5, 0.6) is 0 Å². The van der Waals surface area contributed by atoms with Crippen LogP contribution < -0.4 is 21.3 Å². The van der Waals surface area contributed by atoms with Crippen molar-refractivity contribution in [3.05, 3.63) is 164 Å². The average molecular weight is 1640 g/mol. The lowest BCUT2D eigenvalue weighted by molar-refractivity contribution is -0.119. The third-order valence-electron chi connectivity index (χ3n) is 26.9. The van der Waals surface area contributed by atoms with Crippen LogP contribution in [0.3, 0.4) is 0 Å². The second-order valence-electron chi connectivity index (χ2n) is 36.5. The Kier molecular flexibility index (Phi) is 30.5. The molecule has 9 aliphatic rings. The Morgan fingerprint density at radius 3 is 0.908 bits per heavy atom. The van der Waals surface area contributed by atoms with Gasteiger partial charge in [-0.15, -0.1) is 0 Å². The van der Waals surface area contributed by atoms with E-state index in [9.17, 15) is 36.7 Å². The Bertz CT molecular complexity index is 4900. The van der Waals surface area contributed by atoms with Crippen LogP contribution in [0, 0.1) is 64.7 Å². The van der Waals surface area contributed by atoms with E-state index in [1.807, 2.05) is 45.9 Å². The van der Waals surface area contributed by atoms with Crippen molar-refractivity contribution in [2.75, 3.05) is 21.3 Å². The molecule has 4 amide bonds. The molecule has 16 nitrogen and oxygen atoms in total. The molecule has 0 radical (unpaired) electrons. The number of fused-ring (bicyclic) bond motifs is 12. The minimum Gasteiger partial charge on any atom is -0.309 e. The quantitative estimate of drug-likeness (QED) is 0.0466. The molecule has 4 aromatic heterocycles. The van der Waals surface area contributed by atoms with Crippen molar-refractivity contribution < 1.29 is 36.7 Å². The van der Waals surface area contributed by atoms with Gasteiger partial charge in [0.25, 0.3) is 0 Å². The predicted molar refractivity (Wildman–Crippen MR) is 469 cm³/mol. The number of nitrogens with one attached hydrogen (secondary N) is 4. The van der Waals surface area contributed by atoms with Crippen molar-refractivity contribution >= 4 is 46.9 Å². The molecule has 0 spiro atoms. The molecule has 0 bridgehead atoms. The molecule has 1 unspecified atom stereocenters. The first-order valence-corrected chi connectivity index (χ1v) is 46.2. The minimum absolute atomic E-state index is 0.00329. The lowest BCUT2D eigenvalue weighted by atomic mass is 9.85. The number of halogens is 4. The van der Waals surface area contributed by atoms with E-state index in [1.54, 1.807) is 30.3 Å². The molecule has 5 saturated carbocycles. The highest BCUT2D eigenvalue weighted by Gasteiger charge is 2.31. The number of rotatable bonds is 22. The topological polar surface area (TPSA) is 220 Å². The Morgan fingerprint density at radius 2 is 0.625 bits per heavy atom. The number of anilines is 4. The van der Waals surface area contributed by atoms with Gasteiger partial charge in [0.15, 0.2) is 23.3 Å². The molecule has 638 valence electrons. The van der Waals surface area contributed by atoms with Crippen LogP contribution in [0.15, 0.2) is 72.8 Å². The maximum atomic E-state index is 13.8. The van der Waals surface area contributed by atoms with Crippen LogP contribution in [0.2, 0.25) is 0 Å².